The van der Waals surface area contributed by atoms with Crippen molar-refractivity contribution < 1.29 is 23.1 Å². The molecule has 0 radical (unpaired) electrons. The number of thiazole rings is 1. The number of carbonyl (C=O) groups is 2. The predicted molar refractivity (Wildman–Crippen MR) is 116 cm³/mol. The highest BCUT2D eigenvalue weighted by Gasteiger charge is 2.11. The first-order valence-corrected chi connectivity index (χ1v) is 10.4. The molecule has 0 aliphatic rings. The summed E-state index contributed by atoms with van der Waals surface area (Å²) in [5, 5.41) is 7.77. The Hall–Kier alpha value is -3.33. The van der Waals surface area contributed by atoms with Crippen molar-refractivity contribution >= 4 is 28.3 Å². The molecular formula is C22H21F2N3O3S. The molecule has 6 nitrogen and oxygen atoms in total. The number of nitrogens with one attached hydrogen (secondary N) is 2. The molecule has 0 spiro atoms. The zero-order valence-corrected chi connectivity index (χ0v) is 17.5. The van der Waals surface area contributed by atoms with Crippen molar-refractivity contribution in [1.29, 1.82) is 0 Å². The van der Waals surface area contributed by atoms with E-state index >= 15 is 0 Å². The number of carbonyl (C=O) groups excluding carboxylic acids is 2. The summed E-state index contributed by atoms with van der Waals surface area (Å²) < 4.78 is 28.7. The number of aromatic nitrogens is 1. The van der Waals surface area contributed by atoms with Crippen molar-refractivity contribution in [3.8, 4) is 17.0 Å². The van der Waals surface area contributed by atoms with E-state index < -0.39 is 6.61 Å². The van der Waals surface area contributed by atoms with E-state index in [2.05, 4.69) is 20.4 Å². The fraction of sp³-hybridized carbons (Fsp3) is 0.227. The van der Waals surface area contributed by atoms with E-state index in [4.69, 9.17) is 0 Å². The number of nitrogens with zero attached hydrogens (tertiary/aromatic N) is 1. The van der Waals surface area contributed by atoms with Gasteiger partial charge in [-0.25, -0.2) is 4.98 Å². The third-order valence-corrected chi connectivity index (χ3v) is 5.09. The molecule has 0 bridgehead atoms. The second-order valence-corrected chi connectivity index (χ2v) is 7.54. The molecule has 1 heterocycles. The first-order valence-electron chi connectivity index (χ1n) is 9.56. The lowest BCUT2D eigenvalue weighted by molar-refractivity contribution is -0.118. The van der Waals surface area contributed by atoms with E-state index in [1.165, 1.54) is 42.5 Å². The normalized spacial score (nSPS) is 10.7. The number of alkyl halides is 2. The van der Waals surface area contributed by atoms with Crippen LogP contribution in [0.1, 0.15) is 29.3 Å². The van der Waals surface area contributed by atoms with Crippen LogP contribution in [-0.4, -0.2) is 30.0 Å². The fourth-order valence-corrected chi connectivity index (χ4v) is 3.53. The smallest absolute Gasteiger partial charge is 0.387 e. The molecule has 2 N–H and O–H groups in total. The van der Waals surface area contributed by atoms with Gasteiger partial charge in [0.1, 0.15) is 5.75 Å². The van der Waals surface area contributed by atoms with Crippen LogP contribution >= 0.6 is 11.3 Å². The second-order valence-electron chi connectivity index (χ2n) is 6.68. The third kappa shape index (κ3) is 6.85. The Morgan fingerprint density at radius 1 is 1.10 bits per heavy atom. The van der Waals surface area contributed by atoms with Crippen molar-refractivity contribution in [3.63, 3.8) is 0 Å². The molecule has 3 rings (SSSR count). The van der Waals surface area contributed by atoms with Crippen LogP contribution in [0.2, 0.25) is 0 Å². The zero-order valence-electron chi connectivity index (χ0n) is 16.7. The van der Waals surface area contributed by atoms with Gasteiger partial charge in [-0.15, -0.1) is 11.3 Å². The summed E-state index contributed by atoms with van der Waals surface area (Å²) in [6, 6.07) is 13.4. The Kier molecular flexibility index (Phi) is 7.66. The Labute approximate surface area is 182 Å². The monoisotopic (exact) mass is 445 g/mol. The molecule has 0 saturated carbocycles. The molecule has 2 aromatic carbocycles. The van der Waals surface area contributed by atoms with Crippen LogP contribution in [-0.2, 0) is 11.2 Å². The number of amides is 2. The van der Waals surface area contributed by atoms with Gasteiger partial charge in [0.25, 0.3) is 5.91 Å². The maximum Gasteiger partial charge on any atom is 0.387 e. The Bertz CT molecular complexity index is 1020. The number of aryl methyl sites for hydroxylation is 1. The molecule has 0 aliphatic carbocycles. The van der Waals surface area contributed by atoms with Crippen LogP contribution in [0.4, 0.5) is 13.9 Å². The molecular weight excluding hydrogens is 424 g/mol. The van der Waals surface area contributed by atoms with Crippen LogP contribution in [0.15, 0.2) is 53.9 Å². The molecule has 2 amide bonds. The highest BCUT2D eigenvalue weighted by atomic mass is 32.1. The van der Waals surface area contributed by atoms with E-state index in [0.29, 0.717) is 17.2 Å². The average molecular weight is 445 g/mol. The van der Waals surface area contributed by atoms with Crippen molar-refractivity contribution in [2.75, 3.05) is 11.9 Å². The fourth-order valence-electron chi connectivity index (χ4n) is 2.82. The molecule has 9 heteroatoms. The highest BCUT2D eigenvalue weighted by molar-refractivity contribution is 7.14. The molecule has 0 fully saturated rings. The van der Waals surface area contributed by atoms with E-state index in [0.717, 1.165) is 29.7 Å². The first kappa shape index (κ1) is 22.4. The lowest BCUT2D eigenvalue weighted by Crippen LogP contribution is -2.21. The van der Waals surface area contributed by atoms with Crippen molar-refractivity contribution in [3.05, 3.63) is 65.0 Å². The van der Waals surface area contributed by atoms with Crippen molar-refractivity contribution in [2.45, 2.75) is 26.4 Å². The van der Waals surface area contributed by atoms with Gasteiger partial charge in [0.2, 0.25) is 5.91 Å². The van der Waals surface area contributed by atoms with Crippen LogP contribution in [0, 0.1) is 0 Å². The van der Waals surface area contributed by atoms with E-state index in [1.807, 2.05) is 29.6 Å². The molecule has 0 saturated heterocycles. The maximum absolute atomic E-state index is 12.3. The summed E-state index contributed by atoms with van der Waals surface area (Å²) in [6.07, 6.45) is 1.72. The number of hydrogen-bond acceptors (Lipinski definition) is 5. The lowest BCUT2D eigenvalue weighted by Gasteiger charge is -2.05. The van der Waals surface area contributed by atoms with E-state index in [9.17, 15) is 18.4 Å². The Morgan fingerprint density at radius 2 is 1.81 bits per heavy atom. The van der Waals surface area contributed by atoms with E-state index in [-0.39, 0.29) is 17.6 Å². The summed E-state index contributed by atoms with van der Waals surface area (Å²) in [6.45, 7) is -0.763. The SMILES string of the molecule is CC(=O)NCCCc1ccc(-c2csc(NC(=O)c3ccc(OC(F)F)cc3)n2)cc1. The van der Waals surface area contributed by atoms with Gasteiger partial charge < -0.3 is 10.1 Å². The summed E-state index contributed by atoms with van der Waals surface area (Å²) >= 11 is 1.30. The lowest BCUT2D eigenvalue weighted by atomic mass is 10.1. The quantitative estimate of drug-likeness (QED) is 0.467. The van der Waals surface area contributed by atoms with Gasteiger partial charge >= 0.3 is 6.61 Å². The van der Waals surface area contributed by atoms with Crippen LogP contribution in [0.5, 0.6) is 5.75 Å². The number of rotatable bonds is 9. The minimum Gasteiger partial charge on any atom is -0.435 e. The molecule has 31 heavy (non-hydrogen) atoms. The maximum atomic E-state index is 12.3. The van der Waals surface area contributed by atoms with Crippen LogP contribution in [0.3, 0.4) is 0 Å². The summed E-state index contributed by atoms with van der Waals surface area (Å²) in [5.74, 6) is -0.430. The first-order chi connectivity index (χ1) is 14.9. The largest absolute Gasteiger partial charge is 0.435 e. The number of ether oxygens (including phenoxy) is 1. The summed E-state index contributed by atoms with van der Waals surface area (Å²) in [4.78, 5) is 27.7. The molecule has 0 unspecified atom stereocenters. The van der Waals surface area contributed by atoms with Gasteiger partial charge in [-0.05, 0) is 42.7 Å². The molecule has 1 aromatic heterocycles. The van der Waals surface area contributed by atoms with Gasteiger partial charge in [0.05, 0.1) is 5.69 Å². The molecule has 3 aromatic rings. The van der Waals surface area contributed by atoms with Gasteiger partial charge in [-0.1, -0.05) is 24.3 Å². The standard InChI is InChI=1S/C22H21F2N3O3S/c1-14(28)25-12-2-3-15-4-6-16(7-5-15)19-13-31-22(26-19)27-20(29)17-8-10-18(11-9-17)30-21(23)24/h4-11,13,21H,2-3,12H2,1H3,(H,25,28)(H,26,27,29). The number of hydrogen-bond donors (Lipinski definition) is 2. The third-order valence-electron chi connectivity index (χ3n) is 4.33. The Balaban J connectivity index is 1.56. The van der Waals surface area contributed by atoms with Crippen molar-refractivity contribution in [1.82, 2.24) is 10.3 Å². The van der Waals surface area contributed by atoms with Crippen LogP contribution < -0.4 is 15.4 Å². The number of halogens is 2. The Morgan fingerprint density at radius 3 is 2.45 bits per heavy atom. The minimum absolute atomic E-state index is 0.0124. The van der Waals surface area contributed by atoms with Gasteiger partial charge in [-0.3, -0.25) is 14.9 Å². The number of benzene rings is 2. The highest BCUT2D eigenvalue weighted by Crippen LogP contribution is 2.26. The topological polar surface area (TPSA) is 80.3 Å². The molecule has 0 aliphatic heterocycles. The van der Waals surface area contributed by atoms with Gasteiger partial charge in [0, 0.05) is 30.0 Å². The summed E-state index contributed by atoms with van der Waals surface area (Å²) in [7, 11) is 0. The van der Waals surface area contributed by atoms with E-state index in [1.54, 1.807) is 0 Å². The molecule has 162 valence electrons. The molecule has 0 atom stereocenters. The predicted octanol–water partition coefficient (Wildman–Crippen LogP) is 4.73. The average Bonchev–Trinajstić information content (AvgIpc) is 3.20. The minimum atomic E-state index is -2.91. The second kappa shape index (κ2) is 10.6. The van der Waals surface area contributed by atoms with Gasteiger partial charge in [0.15, 0.2) is 5.13 Å². The number of anilines is 1. The van der Waals surface area contributed by atoms with Gasteiger partial charge in [-0.2, -0.15) is 8.78 Å². The van der Waals surface area contributed by atoms with Crippen molar-refractivity contribution in [2.24, 2.45) is 0 Å². The summed E-state index contributed by atoms with van der Waals surface area (Å²) in [5.41, 5.74) is 3.14. The van der Waals surface area contributed by atoms with Crippen LogP contribution in [0.25, 0.3) is 11.3 Å². The zero-order chi connectivity index (χ0) is 22.2.